The van der Waals surface area contributed by atoms with Crippen molar-refractivity contribution in [1.82, 2.24) is 4.31 Å². The zero-order valence-corrected chi connectivity index (χ0v) is 15.4. The number of hydrogen-bond donors (Lipinski definition) is 1. The Bertz CT molecular complexity index is 712. The molecule has 140 valence electrons. The highest BCUT2D eigenvalue weighted by atomic mass is 32.2. The van der Waals surface area contributed by atoms with Gasteiger partial charge in [0.15, 0.2) is 0 Å². The van der Waals surface area contributed by atoms with Gasteiger partial charge in [-0.05, 0) is 31.9 Å². The summed E-state index contributed by atoms with van der Waals surface area (Å²) in [6, 6.07) is 3.96. The Morgan fingerprint density at radius 2 is 1.88 bits per heavy atom. The van der Waals surface area contributed by atoms with E-state index < -0.39 is 21.1 Å². The molecule has 1 N–H and O–H groups in total. The average molecular weight is 371 g/mol. The highest BCUT2D eigenvalue weighted by Crippen LogP contribution is 2.32. The van der Waals surface area contributed by atoms with Crippen LogP contribution in [0, 0.1) is 10.1 Å². The van der Waals surface area contributed by atoms with Gasteiger partial charge >= 0.3 is 0 Å². The molecular weight excluding hydrogens is 346 g/mol. The van der Waals surface area contributed by atoms with Gasteiger partial charge in [0, 0.05) is 32.7 Å². The van der Waals surface area contributed by atoms with Crippen molar-refractivity contribution in [3.63, 3.8) is 0 Å². The van der Waals surface area contributed by atoms with E-state index in [1.165, 1.54) is 16.4 Å². The largest absolute Gasteiger partial charge is 0.392 e. The van der Waals surface area contributed by atoms with Crippen molar-refractivity contribution in [3.8, 4) is 0 Å². The van der Waals surface area contributed by atoms with Crippen LogP contribution in [-0.2, 0) is 10.0 Å². The van der Waals surface area contributed by atoms with Gasteiger partial charge < -0.3 is 10.0 Å². The van der Waals surface area contributed by atoms with E-state index in [1.54, 1.807) is 18.9 Å². The van der Waals surface area contributed by atoms with Gasteiger partial charge in [-0.1, -0.05) is 12.8 Å². The molecule has 1 unspecified atom stereocenters. The molecule has 2 rings (SSSR count). The molecular formula is C16H25N3O5S. The summed E-state index contributed by atoms with van der Waals surface area (Å²) < 4.78 is 27.1. The van der Waals surface area contributed by atoms with Crippen molar-refractivity contribution in [2.75, 3.05) is 31.6 Å². The first-order chi connectivity index (χ1) is 11.7. The first-order valence-corrected chi connectivity index (χ1v) is 9.85. The summed E-state index contributed by atoms with van der Waals surface area (Å²) >= 11 is 0. The highest BCUT2D eigenvalue weighted by molar-refractivity contribution is 7.89. The van der Waals surface area contributed by atoms with Crippen molar-refractivity contribution >= 4 is 21.4 Å². The maximum Gasteiger partial charge on any atom is 0.293 e. The molecule has 0 aromatic heterocycles. The topological polar surface area (TPSA) is 104 Å². The molecule has 0 aliphatic carbocycles. The van der Waals surface area contributed by atoms with Crippen molar-refractivity contribution < 1.29 is 18.4 Å². The quantitative estimate of drug-likeness (QED) is 0.606. The van der Waals surface area contributed by atoms with Crippen LogP contribution in [0.2, 0.25) is 0 Å². The molecule has 8 nitrogen and oxygen atoms in total. The Kier molecular flexibility index (Phi) is 6.36. The third-order valence-corrected chi connectivity index (χ3v) is 6.19. The summed E-state index contributed by atoms with van der Waals surface area (Å²) in [7, 11) is -2.12. The van der Waals surface area contributed by atoms with Gasteiger partial charge in [0.25, 0.3) is 5.69 Å². The van der Waals surface area contributed by atoms with E-state index in [0.29, 0.717) is 13.1 Å². The SMILES string of the molecule is CC(O)CN(C)c1ccc(S(=O)(=O)N2CCCCCC2)cc1[N+](=O)[O-]. The highest BCUT2D eigenvalue weighted by Gasteiger charge is 2.28. The lowest BCUT2D eigenvalue weighted by atomic mass is 10.2. The molecule has 0 amide bonds. The Hall–Kier alpha value is -1.71. The van der Waals surface area contributed by atoms with Gasteiger partial charge in [-0.25, -0.2) is 8.42 Å². The van der Waals surface area contributed by atoms with E-state index in [1.807, 2.05) is 0 Å². The number of likely N-dealkylation sites (N-methyl/N-ethyl adjacent to an activating group) is 1. The molecule has 0 radical (unpaired) electrons. The van der Waals surface area contributed by atoms with Gasteiger partial charge in [0.05, 0.1) is 15.9 Å². The fourth-order valence-corrected chi connectivity index (χ4v) is 4.60. The van der Waals surface area contributed by atoms with E-state index >= 15 is 0 Å². The minimum atomic E-state index is -3.75. The Morgan fingerprint density at radius 3 is 2.40 bits per heavy atom. The van der Waals surface area contributed by atoms with Crippen LogP contribution in [0.4, 0.5) is 11.4 Å². The molecule has 1 atom stereocenters. The number of nitro groups is 1. The number of aliphatic hydroxyl groups is 1. The number of sulfonamides is 1. The van der Waals surface area contributed by atoms with Crippen molar-refractivity contribution in [2.24, 2.45) is 0 Å². The fraction of sp³-hybridized carbons (Fsp3) is 0.625. The number of nitro benzene ring substituents is 1. The second-order valence-corrected chi connectivity index (χ2v) is 8.39. The summed E-state index contributed by atoms with van der Waals surface area (Å²) in [5.41, 5.74) is -0.000219. The monoisotopic (exact) mass is 371 g/mol. The minimum Gasteiger partial charge on any atom is -0.392 e. The number of anilines is 1. The zero-order valence-electron chi connectivity index (χ0n) is 14.6. The molecule has 0 bridgehead atoms. The van der Waals surface area contributed by atoms with Crippen LogP contribution in [0.15, 0.2) is 23.1 Å². The van der Waals surface area contributed by atoms with Gasteiger partial charge in [-0.15, -0.1) is 0 Å². The number of benzene rings is 1. The van der Waals surface area contributed by atoms with Gasteiger partial charge in [0.2, 0.25) is 10.0 Å². The van der Waals surface area contributed by atoms with Crippen LogP contribution < -0.4 is 4.90 Å². The Labute approximate surface area is 148 Å². The molecule has 0 saturated carbocycles. The second kappa shape index (κ2) is 8.11. The lowest BCUT2D eigenvalue weighted by Gasteiger charge is -2.22. The molecule has 1 aromatic carbocycles. The molecule has 1 fully saturated rings. The number of rotatable bonds is 6. The lowest BCUT2D eigenvalue weighted by molar-refractivity contribution is -0.384. The van der Waals surface area contributed by atoms with Crippen LogP contribution >= 0.6 is 0 Å². The van der Waals surface area contributed by atoms with Crippen molar-refractivity contribution in [3.05, 3.63) is 28.3 Å². The maximum atomic E-state index is 12.8. The predicted molar refractivity (Wildman–Crippen MR) is 95.3 cm³/mol. The number of hydrogen-bond acceptors (Lipinski definition) is 6. The maximum absolute atomic E-state index is 12.8. The first-order valence-electron chi connectivity index (χ1n) is 8.41. The summed E-state index contributed by atoms with van der Waals surface area (Å²) in [4.78, 5) is 12.3. The second-order valence-electron chi connectivity index (χ2n) is 6.46. The van der Waals surface area contributed by atoms with Crippen LogP contribution in [0.25, 0.3) is 0 Å². The van der Waals surface area contributed by atoms with Gasteiger partial charge in [0.1, 0.15) is 5.69 Å². The van der Waals surface area contributed by atoms with Crippen molar-refractivity contribution in [2.45, 2.75) is 43.6 Å². The fourth-order valence-electron chi connectivity index (χ4n) is 3.06. The summed E-state index contributed by atoms with van der Waals surface area (Å²) in [6.07, 6.45) is 2.93. The zero-order chi connectivity index (χ0) is 18.6. The summed E-state index contributed by atoms with van der Waals surface area (Å²) in [6.45, 7) is 2.68. The van der Waals surface area contributed by atoms with Crippen LogP contribution in [0.5, 0.6) is 0 Å². The predicted octanol–water partition coefficient (Wildman–Crippen LogP) is 1.98. The van der Waals surface area contributed by atoms with E-state index in [9.17, 15) is 23.6 Å². The number of aliphatic hydroxyl groups excluding tert-OH is 1. The van der Waals surface area contributed by atoms with Gasteiger partial charge in [-0.3, -0.25) is 10.1 Å². The van der Waals surface area contributed by atoms with E-state index in [4.69, 9.17) is 0 Å². The molecule has 1 aliphatic rings. The van der Waals surface area contributed by atoms with E-state index in [-0.39, 0.29) is 22.8 Å². The number of nitrogens with zero attached hydrogens (tertiary/aromatic N) is 3. The Morgan fingerprint density at radius 1 is 1.28 bits per heavy atom. The Balaban J connectivity index is 2.39. The third-order valence-electron chi connectivity index (χ3n) is 4.30. The smallest absolute Gasteiger partial charge is 0.293 e. The molecule has 1 heterocycles. The molecule has 0 spiro atoms. The molecule has 9 heteroatoms. The van der Waals surface area contributed by atoms with Crippen LogP contribution in [0.3, 0.4) is 0 Å². The minimum absolute atomic E-state index is 0.0599. The molecule has 25 heavy (non-hydrogen) atoms. The first kappa shape index (κ1) is 19.6. The van der Waals surface area contributed by atoms with Crippen LogP contribution in [0.1, 0.15) is 32.6 Å². The normalized spacial score (nSPS) is 17.7. The van der Waals surface area contributed by atoms with Crippen LogP contribution in [-0.4, -0.2) is 55.5 Å². The standard InChI is InChI=1S/C16H25N3O5S/c1-13(20)12-17(2)15-8-7-14(11-16(15)19(21)22)25(23,24)18-9-5-3-4-6-10-18/h7-8,11,13,20H,3-6,9-10,12H2,1-2H3. The molecule has 1 aliphatic heterocycles. The van der Waals surface area contributed by atoms with E-state index in [0.717, 1.165) is 31.7 Å². The van der Waals surface area contributed by atoms with E-state index in [2.05, 4.69) is 0 Å². The van der Waals surface area contributed by atoms with Gasteiger partial charge in [-0.2, -0.15) is 4.31 Å². The third kappa shape index (κ3) is 4.68. The lowest BCUT2D eigenvalue weighted by Crippen LogP contribution is -2.32. The molecule has 1 saturated heterocycles. The molecule has 1 aromatic rings. The summed E-state index contributed by atoms with van der Waals surface area (Å²) in [5.74, 6) is 0. The average Bonchev–Trinajstić information content (AvgIpc) is 2.83. The summed E-state index contributed by atoms with van der Waals surface area (Å²) in [5, 5.41) is 20.9. The van der Waals surface area contributed by atoms with Crippen molar-refractivity contribution in [1.29, 1.82) is 0 Å².